The Morgan fingerprint density at radius 3 is 0.733 bits per heavy atom. The van der Waals surface area contributed by atoms with Gasteiger partial charge in [-0.3, -0.25) is 0 Å². The Kier molecular flexibility index (Phi) is 22.0. The monoisotopic (exact) mass is 1910 g/mol. The number of rotatable bonds is 12. The summed E-state index contributed by atoms with van der Waals surface area (Å²) in [6, 6.07) is 158. The average Bonchev–Trinajstić information content (AvgIpc) is 1.58. The van der Waals surface area contributed by atoms with E-state index in [2.05, 4.69) is 334 Å². The molecular weight excluding hydrogens is 1830 g/mol. The molecular formula is C135H75N15. The second kappa shape index (κ2) is 37.0. The lowest BCUT2D eigenvalue weighted by Crippen LogP contribution is -1.99. The summed E-state index contributed by atoms with van der Waals surface area (Å²) in [5.41, 5.74) is 34.3. The van der Waals surface area contributed by atoms with Gasteiger partial charge in [0.1, 0.15) is 0 Å². The van der Waals surface area contributed by atoms with Gasteiger partial charge in [-0.1, -0.05) is 285 Å². The number of nitrogens with zero attached hydrogens (tertiary/aromatic N) is 15. The van der Waals surface area contributed by atoms with Crippen LogP contribution in [-0.4, -0.2) is 27.4 Å². The lowest BCUT2D eigenvalue weighted by atomic mass is 9.91. The van der Waals surface area contributed by atoms with Crippen LogP contribution in [0.4, 0.5) is 39.8 Å². The Hall–Kier alpha value is -22.2. The molecule has 15 heteroatoms. The van der Waals surface area contributed by atoms with Crippen molar-refractivity contribution >= 4 is 171 Å². The Balaban J connectivity index is 0.000000116. The number of para-hydroxylation sites is 9. The van der Waals surface area contributed by atoms with E-state index in [1.807, 2.05) is 194 Å². The fraction of sp³-hybridized carbons (Fsp3) is 0. The van der Waals surface area contributed by atoms with Gasteiger partial charge in [-0.15, -0.1) is 0 Å². The van der Waals surface area contributed by atoms with Crippen LogP contribution < -0.4 is 0 Å². The minimum Gasteiger partial charge on any atom is -0.310 e. The number of hydrogen-bond donors (Lipinski definition) is 0. The van der Waals surface area contributed by atoms with Crippen LogP contribution in [0.25, 0.3) is 266 Å². The molecule has 0 saturated heterocycles. The lowest BCUT2D eigenvalue weighted by Gasteiger charge is -2.19. The van der Waals surface area contributed by atoms with Crippen LogP contribution in [0.5, 0.6) is 0 Å². The molecule has 0 fully saturated rings. The molecule has 0 amide bonds. The predicted molar refractivity (Wildman–Crippen MR) is 611 cm³/mol. The summed E-state index contributed by atoms with van der Waals surface area (Å²) in [5.74, 6) is 0. The zero-order chi connectivity index (χ0) is 101. The summed E-state index contributed by atoms with van der Waals surface area (Å²) in [5, 5.41) is 33.3. The third-order valence-corrected chi connectivity index (χ3v) is 28.8. The van der Waals surface area contributed by atoms with Crippen LogP contribution in [-0.2, 0) is 0 Å². The van der Waals surface area contributed by atoms with Crippen LogP contribution in [0.2, 0.25) is 0 Å². The second-order valence-corrected chi connectivity index (χ2v) is 36.7. The van der Waals surface area contributed by atoms with Crippen molar-refractivity contribution in [1.29, 1.82) is 10.5 Å². The first-order valence-corrected chi connectivity index (χ1v) is 48.7. The fourth-order valence-electron chi connectivity index (χ4n) is 22.2. The number of hydrogen-bond acceptors (Lipinski definition) is 2. The van der Waals surface area contributed by atoms with Crippen molar-refractivity contribution in [1.82, 2.24) is 27.4 Å². The van der Waals surface area contributed by atoms with Crippen LogP contribution >= 0.6 is 0 Å². The summed E-state index contributed by atoms with van der Waals surface area (Å²) in [6.07, 6.45) is 0. The van der Waals surface area contributed by atoms with E-state index in [4.69, 9.17) is 46.0 Å². The molecule has 27 rings (SSSR count). The number of aromatic nitrogens is 6. The third kappa shape index (κ3) is 14.9. The number of benzene rings is 21. The zero-order valence-corrected chi connectivity index (χ0v) is 80.0. The van der Waals surface area contributed by atoms with Crippen molar-refractivity contribution in [2.24, 2.45) is 0 Å². The highest BCUT2D eigenvalue weighted by atomic mass is 15.0. The van der Waals surface area contributed by atoms with Gasteiger partial charge in [0.05, 0.1) is 135 Å². The quantitative estimate of drug-likeness (QED) is 0.114. The normalized spacial score (nSPS) is 11.1. The van der Waals surface area contributed by atoms with Gasteiger partial charge in [-0.2, -0.15) is 10.5 Å². The molecule has 6 aromatic heterocycles. The highest BCUT2D eigenvalue weighted by Crippen LogP contribution is 2.51. The first kappa shape index (κ1) is 89.2. The molecule has 0 unspecified atom stereocenters. The lowest BCUT2D eigenvalue weighted by molar-refractivity contribution is 1.18. The minimum atomic E-state index is 0.504. The maximum absolute atomic E-state index is 10.0. The molecule has 0 atom stereocenters. The minimum absolute atomic E-state index is 0.504. The topological polar surface area (TPSA) is 108 Å². The molecule has 0 bridgehead atoms. The summed E-state index contributed by atoms with van der Waals surface area (Å²) >= 11 is 0. The molecule has 27 aromatic rings. The summed E-state index contributed by atoms with van der Waals surface area (Å²) in [6.45, 7) is 54.8. The SMILES string of the molecule is [C-]#[N+]c1ccc(-c2c([N+]#[C-])cccc2-c2ccc(-n3c4ccccc4c4ccccc43)cc2)c(-n2c3ccccc3c3cc([N+]#[C-])ccc32)c1.[C-]#[N+]c1ccc(-c2cc(C#N)ccc2-c2ccc(-n3c4ccccc4c4ccccc43)cc2)c(-n2c3ccccc3c3cc([N+]#[C-])ccc32)c1.[C-]#[N+]c1ccc(-c2ccc(C#N)cc2-c2ccc(-n3c4ccccc4c4ccccc43)cc2)c(-n2c3ccccc3c3cc([N+]#[C-])ccc32)c1. The fourth-order valence-corrected chi connectivity index (χ4v) is 22.2. The van der Waals surface area contributed by atoms with Crippen molar-refractivity contribution in [2.45, 2.75) is 0 Å². The van der Waals surface area contributed by atoms with E-state index in [1.54, 1.807) is 0 Å². The van der Waals surface area contributed by atoms with Gasteiger partial charge in [0, 0.05) is 93.7 Å². The summed E-state index contributed by atoms with van der Waals surface area (Å²) in [7, 11) is 0. The van der Waals surface area contributed by atoms with Crippen LogP contribution in [0.3, 0.4) is 0 Å². The first-order chi connectivity index (χ1) is 74.0. The van der Waals surface area contributed by atoms with Gasteiger partial charge in [-0.05, 0) is 242 Å². The Morgan fingerprint density at radius 1 is 0.167 bits per heavy atom. The predicted octanol–water partition coefficient (Wildman–Crippen LogP) is 37.2. The second-order valence-electron chi connectivity index (χ2n) is 36.7. The van der Waals surface area contributed by atoms with Crippen LogP contribution in [0.15, 0.2) is 455 Å². The van der Waals surface area contributed by atoms with Crippen molar-refractivity contribution < 1.29 is 0 Å². The summed E-state index contributed by atoms with van der Waals surface area (Å²) in [4.78, 5) is 26.5. The maximum Gasteiger partial charge on any atom is 0.195 e. The van der Waals surface area contributed by atoms with Crippen molar-refractivity contribution in [3.8, 4) is 113 Å². The van der Waals surface area contributed by atoms with Crippen molar-refractivity contribution in [3.05, 3.63) is 546 Å². The number of nitriles is 2. The molecule has 0 N–H and O–H groups in total. The smallest absolute Gasteiger partial charge is 0.195 e. The Morgan fingerprint density at radius 2 is 0.413 bits per heavy atom. The van der Waals surface area contributed by atoms with E-state index in [9.17, 15) is 10.5 Å². The molecule has 0 aliphatic heterocycles. The first-order valence-electron chi connectivity index (χ1n) is 48.7. The maximum atomic E-state index is 10.0. The molecule has 15 nitrogen and oxygen atoms in total. The highest BCUT2D eigenvalue weighted by molar-refractivity contribution is 6.17. The molecule has 0 saturated carbocycles. The molecule has 0 spiro atoms. The number of fused-ring (bicyclic) bond motifs is 18. The standard InChI is InChI=1S/3C45H25N5/c1-46-30-22-26-43-38(27-30)36-13-6-9-18-42(36)50(43)44-28-31(47-2)21-25-37(44)45-33(14-10-15-39(45)48-3)29-19-23-32(24-20-29)49-40-16-7-4-11-34(40)35-12-5-8-17-41(35)49;1-47-31-19-24-44-40(26-31)37-11-5-8-14-43(37)50(44)45-27-32(48-2)18-23-38(45)34-22-15-29(28-46)25-39(34)30-16-20-33(21-17-30)49-41-12-6-3-9-35(41)36-10-4-7-13-42(36)49;1-47-31-19-24-44-40(26-31)37-11-5-8-14-43(37)50(44)45-27-32(48-2)18-23-38(45)39-25-29(28-46)15-22-34(39)30-16-20-33(21-17-30)49-41-12-6-3-9-35(41)36-10-4-7-13-42(36)49/h4-28H;2*3-27H. The van der Waals surface area contributed by atoms with Gasteiger partial charge in [0.25, 0.3) is 0 Å². The van der Waals surface area contributed by atoms with E-state index in [0.29, 0.717) is 50.9 Å². The third-order valence-electron chi connectivity index (χ3n) is 28.8. The molecule has 0 aliphatic carbocycles. The Bertz CT molecular complexity index is 10500. The van der Waals surface area contributed by atoms with Crippen LogP contribution in [0.1, 0.15) is 11.1 Å². The van der Waals surface area contributed by atoms with Crippen molar-refractivity contribution in [3.63, 3.8) is 0 Å². The van der Waals surface area contributed by atoms with Gasteiger partial charge in [0.15, 0.2) is 39.8 Å². The Labute approximate surface area is 861 Å². The van der Waals surface area contributed by atoms with Gasteiger partial charge >= 0.3 is 0 Å². The van der Waals surface area contributed by atoms with E-state index >= 15 is 0 Å². The zero-order valence-electron chi connectivity index (χ0n) is 80.0. The molecule has 0 aliphatic rings. The molecule has 6 heterocycles. The molecule has 0 radical (unpaired) electrons. The van der Waals surface area contributed by atoms with Gasteiger partial charge in [-0.25, -0.2) is 33.9 Å². The van der Waals surface area contributed by atoms with E-state index in [1.165, 1.54) is 32.3 Å². The van der Waals surface area contributed by atoms with Gasteiger partial charge in [0.2, 0.25) is 0 Å². The van der Waals surface area contributed by atoms with E-state index in [-0.39, 0.29) is 0 Å². The molecule has 690 valence electrons. The summed E-state index contributed by atoms with van der Waals surface area (Å²) < 4.78 is 13.4. The average molecular weight is 1910 g/mol. The molecule has 21 aromatic carbocycles. The van der Waals surface area contributed by atoms with Crippen LogP contribution in [0, 0.1) is 68.7 Å². The van der Waals surface area contributed by atoms with Crippen molar-refractivity contribution in [2.75, 3.05) is 0 Å². The van der Waals surface area contributed by atoms with E-state index < -0.39 is 0 Å². The van der Waals surface area contributed by atoms with E-state index in [0.717, 1.165) is 199 Å². The largest absolute Gasteiger partial charge is 0.310 e. The van der Waals surface area contributed by atoms with Gasteiger partial charge < -0.3 is 27.4 Å². The molecule has 150 heavy (non-hydrogen) atoms. The highest BCUT2D eigenvalue weighted by Gasteiger charge is 2.27.